The van der Waals surface area contributed by atoms with E-state index in [0.717, 1.165) is 15.6 Å². The second-order valence-electron chi connectivity index (χ2n) is 6.15. The van der Waals surface area contributed by atoms with Crippen molar-refractivity contribution in [3.05, 3.63) is 17.5 Å². The smallest absolute Gasteiger partial charge is 0.280 e. The number of aromatic nitrogens is 2. The molecule has 1 aromatic rings. The first-order valence-electron chi connectivity index (χ1n) is 7.70. The van der Waals surface area contributed by atoms with Crippen LogP contribution >= 0.6 is 0 Å². The van der Waals surface area contributed by atoms with Gasteiger partial charge in [-0.2, -0.15) is 22.5 Å². The van der Waals surface area contributed by atoms with E-state index >= 15 is 0 Å². The lowest BCUT2D eigenvalue weighted by atomic mass is 10.00. The quantitative estimate of drug-likeness (QED) is 0.734. The van der Waals surface area contributed by atoms with Crippen molar-refractivity contribution >= 4 is 16.1 Å². The van der Waals surface area contributed by atoms with Crippen LogP contribution in [-0.4, -0.2) is 61.3 Å². The Balaban J connectivity index is 2.24. The molecule has 24 heavy (non-hydrogen) atoms. The van der Waals surface area contributed by atoms with E-state index in [1.807, 2.05) is 6.92 Å². The molecule has 9 nitrogen and oxygen atoms in total. The largest absolute Gasteiger partial charge is 0.383 e. The van der Waals surface area contributed by atoms with E-state index in [1.54, 1.807) is 32.0 Å². The van der Waals surface area contributed by atoms with Gasteiger partial charge in [-0.15, -0.1) is 0 Å². The summed E-state index contributed by atoms with van der Waals surface area (Å²) >= 11 is 0. The summed E-state index contributed by atoms with van der Waals surface area (Å²) in [6.45, 7) is 3.98. The normalized spacial score (nSPS) is 25.4. The van der Waals surface area contributed by atoms with Gasteiger partial charge >= 0.3 is 0 Å². The summed E-state index contributed by atoms with van der Waals surface area (Å²) in [6.07, 6.45) is 2.10. The van der Waals surface area contributed by atoms with Crippen molar-refractivity contribution in [2.24, 2.45) is 7.05 Å². The molecule has 0 aliphatic carbocycles. The van der Waals surface area contributed by atoms with E-state index < -0.39 is 22.3 Å². The van der Waals surface area contributed by atoms with Crippen molar-refractivity contribution in [2.45, 2.75) is 38.4 Å². The number of rotatable bonds is 5. The van der Waals surface area contributed by atoms with Crippen LogP contribution in [-0.2, 0) is 26.8 Å². The zero-order valence-corrected chi connectivity index (χ0v) is 15.4. The maximum absolute atomic E-state index is 12.5. The van der Waals surface area contributed by atoms with Gasteiger partial charge in [0.1, 0.15) is 6.04 Å². The van der Waals surface area contributed by atoms with Crippen LogP contribution in [0.1, 0.15) is 30.6 Å². The molecule has 1 aliphatic heterocycles. The summed E-state index contributed by atoms with van der Waals surface area (Å²) in [5.41, 5.74) is 1.51. The van der Waals surface area contributed by atoms with Crippen LogP contribution < -0.4 is 10.0 Å². The molecule has 3 unspecified atom stereocenters. The highest BCUT2D eigenvalue weighted by molar-refractivity contribution is 7.87. The SMILES string of the molecule is COCC(C)NC(=O)C1CC(c2cn(C)nc2C)NS(=O)(=O)N1C. The van der Waals surface area contributed by atoms with Crippen LogP contribution in [0, 0.1) is 6.92 Å². The van der Waals surface area contributed by atoms with Crippen molar-refractivity contribution in [1.82, 2.24) is 24.1 Å². The van der Waals surface area contributed by atoms with Gasteiger partial charge < -0.3 is 10.1 Å². The van der Waals surface area contributed by atoms with Gasteiger partial charge in [0, 0.05) is 39.0 Å². The van der Waals surface area contributed by atoms with E-state index in [1.165, 1.54) is 7.05 Å². The molecule has 0 aromatic carbocycles. The molecule has 1 saturated heterocycles. The molecule has 1 aromatic heterocycles. The highest BCUT2D eigenvalue weighted by atomic mass is 32.2. The van der Waals surface area contributed by atoms with Crippen molar-refractivity contribution in [1.29, 1.82) is 0 Å². The lowest BCUT2D eigenvalue weighted by Crippen LogP contribution is -2.58. The van der Waals surface area contributed by atoms with Crippen LogP contribution in [0.15, 0.2) is 6.20 Å². The molecule has 1 aliphatic rings. The lowest BCUT2D eigenvalue weighted by molar-refractivity contribution is -0.126. The number of likely N-dealkylation sites (N-methyl/N-ethyl adjacent to an activating group) is 1. The van der Waals surface area contributed by atoms with E-state index in [4.69, 9.17) is 4.74 Å². The molecule has 0 spiro atoms. The van der Waals surface area contributed by atoms with E-state index in [9.17, 15) is 13.2 Å². The number of aryl methyl sites for hydroxylation is 2. The fourth-order valence-electron chi connectivity index (χ4n) is 2.90. The van der Waals surface area contributed by atoms with Gasteiger partial charge in [-0.25, -0.2) is 0 Å². The first kappa shape index (κ1) is 18.8. The highest BCUT2D eigenvalue weighted by Gasteiger charge is 2.41. The monoisotopic (exact) mass is 359 g/mol. The van der Waals surface area contributed by atoms with Crippen LogP contribution in [0.2, 0.25) is 0 Å². The van der Waals surface area contributed by atoms with Crippen molar-refractivity contribution in [3.8, 4) is 0 Å². The molecule has 136 valence electrons. The molecule has 10 heteroatoms. The number of nitrogens with one attached hydrogen (secondary N) is 2. The van der Waals surface area contributed by atoms with Gasteiger partial charge in [-0.1, -0.05) is 0 Å². The van der Waals surface area contributed by atoms with E-state index in [0.29, 0.717) is 13.0 Å². The number of amides is 1. The first-order valence-corrected chi connectivity index (χ1v) is 9.14. The predicted octanol–water partition coefficient (Wildman–Crippen LogP) is -0.541. The average Bonchev–Trinajstić information content (AvgIpc) is 2.80. The Morgan fingerprint density at radius 1 is 1.54 bits per heavy atom. The lowest BCUT2D eigenvalue weighted by Gasteiger charge is -2.36. The van der Waals surface area contributed by atoms with Gasteiger partial charge in [0.15, 0.2) is 0 Å². The Labute approximate surface area is 142 Å². The molecule has 0 bridgehead atoms. The van der Waals surface area contributed by atoms with Crippen LogP contribution in [0.4, 0.5) is 0 Å². The minimum Gasteiger partial charge on any atom is -0.383 e. The minimum absolute atomic E-state index is 0.202. The first-order chi connectivity index (χ1) is 11.2. The summed E-state index contributed by atoms with van der Waals surface area (Å²) in [7, 11) is 0.969. The Morgan fingerprint density at radius 2 is 2.21 bits per heavy atom. The summed E-state index contributed by atoms with van der Waals surface area (Å²) in [6, 6.07) is -1.49. The molecular weight excluding hydrogens is 334 g/mol. The Kier molecular flexibility index (Phi) is 5.63. The van der Waals surface area contributed by atoms with Crippen molar-refractivity contribution in [3.63, 3.8) is 0 Å². The predicted molar refractivity (Wildman–Crippen MR) is 88.4 cm³/mol. The van der Waals surface area contributed by atoms with Gasteiger partial charge in [-0.3, -0.25) is 9.48 Å². The van der Waals surface area contributed by atoms with Gasteiger partial charge in [0.2, 0.25) is 5.91 Å². The summed E-state index contributed by atoms with van der Waals surface area (Å²) < 4.78 is 35.1. The Morgan fingerprint density at radius 3 is 2.75 bits per heavy atom. The number of hydrogen-bond acceptors (Lipinski definition) is 5. The molecule has 2 heterocycles. The number of carbonyl (C=O) groups is 1. The molecule has 3 atom stereocenters. The van der Waals surface area contributed by atoms with Crippen LogP contribution in [0.5, 0.6) is 0 Å². The standard InChI is InChI=1S/C14H25N5O4S/c1-9(8-23-5)15-14(20)13-6-12(17-24(21,22)19(13)4)11-7-18(3)16-10(11)2/h7,9,12-13,17H,6,8H2,1-5H3,(H,15,20). The molecule has 0 saturated carbocycles. The second kappa shape index (κ2) is 7.18. The molecule has 2 N–H and O–H groups in total. The molecule has 0 radical (unpaired) electrons. The highest BCUT2D eigenvalue weighted by Crippen LogP contribution is 2.29. The third-order valence-electron chi connectivity index (χ3n) is 4.10. The fraction of sp³-hybridized carbons (Fsp3) is 0.714. The zero-order chi connectivity index (χ0) is 18.1. The van der Waals surface area contributed by atoms with Gasteiger partial charge in [0.05, 0.1) is 18.3 Å². The van der Waals surface area contributed by atoms with Crippen molar-refractivity contribution in [2.75, 3.05) is 20.8 Å². The maximum Gasteiger partial charge on any atom is 0.280 e. The molecular formula is C14H25N5O4S. The molecule has 2 rings (SSSR count). The number of hydrogen-bond donors (Lipinski definition) is 2. The minimum atomic E-state index is -3.75. The summed E-state index contributed by atoms with van der Waals surface area (Å²) in [5.74, 6) is -0.335. The molecule has 1 amide bonds. The number of nitrogens with zero attached hydrogens (tertiary/aromatic N) is 3. The average molecular weight is 359 g/mol. The Hall–Kier alpha value is -1.49. The summed E-state index contributed by atoms with van der Waals surface area (Å²) in [4.78, 5) is 12.5. The van der Waals surface area contributed by atoms with Gasteiger partial charge in [0.25, 0.3) is 10.2 Å². The fourth-order valence-corrected chi connectivity index (χ4v) is 4.17. The summed E-state index contributed by atoms with van der Waals surface area (Å²) in [5, 5.41) is 7.04. The topological polar surface area (TPSA) is 106 Å². The van der Waals surface area contributed by atoms with E-state index in [-0.39, 0.29) is 11.9 Å². The number of methoxy groups -OCH3 is 1. The van der Waals surface area contributed by atoms with Crippen LogP contribution in [0.3, 0.4) is 0 Å². The molecule has 1 fully saturated rings. The maximum atomic E-state index is 12.5. The number of carbonyl (C=O) groups excluding carboxylic acids is 1. The van der Waals surface area contributed by atoms with E-state index in [2.05, 4.69) is 15.1 Å². The zero-order valence-electron chi connectivity index (χ0n) is 14.6. The van der Waals surface area contributed by atoms with Crippen molar-refractivity contribution < 1.29 is 17.9 Å². The van der Waals surface area contributed by atoms with Crippen LogP contribution in [0.25, 0.3) is 0 Å². The Bertz CT molecular complexity index is 702. The second-order valence-corrected chi connectivity index (χ2v) is 7.91. The third-order valence-corrected chi connectivity index (χ3v) is 5.70. The van der Waals surface area contributed by atoms with Gasteiger partial charge in [-0.05, 0) is 20.3 Å². The number of ether oxygens (including phenoxy) is 1. The third kappa shape index (κ3) is 3.94.